The fraction of sp³-hybridized carbons (Fsp3) is 0.100. The Morgan fingerprint density at radius 3 is 2.79 bits per heavy atom. The second-order valence-corrected chi connectivity index (χ2v) is 4.47. The molecular formula is C10H6BrCl2N. The molecule has 72 valence electrons. The van der Waals surface area contributed by atoms with Crippen LogP contribution in [0.3, 0.4) is 0 Å². The minimum absolute atomic E-state index is 0.445. The Bertz CT molecular complexity index is 480. The van der Waals surface area contributed by atoms with Crippen molar-refractivity contribution in [1.29, 1.82) is 0 Å². The molecule has 1 aromatic carbocycles. The number of halogens is 3. The molecule has 0 saturated heterocycles. The van der Waals surface area contributed by atoms with E-state index >= 15 is 0 Å². The third-order valence-electron chi connectivity index (χ3n) is 1.97. The molecule has 0 aliphatic carbocycles. The molecule has 2 rings (SSSR count). The van der Waals surface area contributed by atoms with Crippen LogP contribution in [0.1, 0.15) is 5.56 Å². The quantitative estimate of drug-likeness (QED) is 0.561. The van der Waals surface area contributed by atoms with Crippen molar-refractivity contribution in [1.82, 2.24) is 4.98 Å². The Labute approximate surface area is 100 Å². The van der Waals surface area contributed by atoms with Crippen LogP contribution in [0.25, 0.3) is 10.9 Å². The van der Waals surface area contributed by atoms with E-state index in [4.69, 9.17) is 23.2 Å². The number of rotatable bonds is 1. The maximum absolute atomic E-state index is 5.87. The van der Waals surface area contributed by atoms with Crippen molar-refractivity contribution in [2.75, 3.05) is 0 Å². The summed E-state index contributed by atoms with van der Waals surface area (Å²) in [6.45, 7) is 0. The van der Waals surface area contributed by atoms with Gasteiger partial charge in [0.1, 0.15) is 5.15 Å². The van der Waals surface area contributed by atoms with Gasteiger partial charge in [0.2, 0.25) is 0 Å². The number of aromatic nitrogens is 1. The maximum Gasteiger partial charge on any atom is 0.130 e. The predicted molar refractivity (Wildman–Crippen MR) is 64.0 cm³/mol. The van der Waals surface area contributed by atoms with Crippen LogP contribution in [0.2, 0.25) is 5.15 Å². The molecule has 0 bridgehead atoms. The van der Waals surface area contributed by atoms with E-state index in [9.17, 15) is 0 Å². The van der Waals surface area contributed by atoms with Gasteiger partial charge >= 0.3 is 0 Å². The fourth-order valence-electron chi connectivity index (χ4n) is 1.35. The highest BCUT2D eigenvalue weighted by atomic mass is 79.9. The van der Waals surface area contributed by atoms with E-state index in [2.05, 4.69) is 20.9 Å². The lowest BCUT2D eigenvalue weighted by molar-refractivity contribution is 1.34. The molecule has 0 radical (unpaired) electrons. The molecule has 1 heterocycles. The first-order chi connectivity index (χ1) is 6.70. The van der Waals surface area contributed by atoms with E-state index in [-0.39, 0.29) is 0 Å². The topological polar surface area (TPSA) is 12.9 Å². The van der Waals surface area contributed by atoms with E-state index in [1.807, 2.05) is 18.2 Å². The maximum atomic E-state index is 5.87. The van der Waals surface area contributed by atoms with Gasteiger partial charge in [-0.2, -0.15) is 0 Å². The number of fused-ring (bicyclic) bond motifs is 1. The molecule has 0 N–H and O–H groups in total. The van der Waals surface area contributed by atoms with Gasteiger partial charge in [-0.05, 0) is 23.8 Å². The van der Waals surface area contributed by atoms with Crippen molar-refractivity contribution in [3.63, 3.8) is 0 Å². The van der Waals surface area contributed by atoms with Crippen LogP contribution < -0.4 is 0 Å². The molecule has 4 heteroatoms. The van der Waals surface area contributed by atoms with Crippen LogP contribution >= 0.6 is 39.1 Å². The summed E-state index contributed by atoms with van der Waals surface area (Å²) in [5.41, 5.74) is 1.87. The SMILES string of the molecule is ClCc1cc(Cl)nc2cc(Br)ccc12. The van der Waals surface area contributed by atoms with Gasteiger partial charge in [0.05, 0.1) is 5.52 Å². The van der Waals surface area contributed by atoms with Crippen LogP contribution in [-0.2, 0) is 5.88 Å². The highest BCUT2D eigenvalue weighted by Crippen LogP contribution is 2.25. The Kier molecular flexibility index (Phi) is 2.96. The number of hydrogen-bond acceptors (Lipinski definition) is 1. The zero-order valence-electron chi connectivity index (χ0n) is 7.10. The molecule has 1 nitrogen and oxygen atoms in total. The molecule has 0 fully saturated rings. The monoisotopic (exact) mass is 289 g/mol. The van der Waals surface area contributed by atoms with Crippen molar-refractivity contribution in [2.24, 2.45) is 0 Å². The highest BCUT2D eigenvalue weighted by Gasteiger charge is 2.04. The first-order valence-corrected chi connectivity index (χ1v) is 5.72. The highest BCUT2D eigenvalue weighted by molar-refractivity contribution is 9.10. The summed E-state index contributed by atoms with van der Waals surface area (Å²) in [6.07, 6.45) is 0. The van der Waals surface area contributed by atoms with Gasteiger partial charge in [0.15, 0.2) is 0 Å². The molecule has 0 atom stereocenters. The number of nitrogens with zero attached hydrogens (tertiary/aromatic N) is 1. The molecule has 0 saturated carbocycles. The molecule has 2 aromatic rings. The minimum Gasteiger partial charge on any atom is -0.236 e. The van der Waals surface area contributed by atoms with E-state index in [1.54, 1.807) is 6.07 Å². The lowest BCUT2D eigenvalue weighted by Gasteiger charge is -2.04. The standard InChI is InChI=1S/C10H6BrCl2N/c11-7-1-2-8-6(5-12)3-10(13)14-9(8)4-7/h1-4H,5H2. The molecule has 0 aliphatic rings. The second-order valence-electron chi connectivity index (χ2n) is 2.90. The van der Waals surface area contributed by atoms with Crippen LogP contribution in [-0.4, -0.2) is 4.98 Å². The van der Waals surface area contributed by atoms with Crippen LogP contribution in [0.15, 0.2) is 28.7 Å². The summed E-state index contributed by atoms with van der Waals surface area (Å²) in [6, 6.07) is 7.68. The van der Waals surface area contributed by atoms with Crippen molar-refractivity contribution in [3.8, 4) is 0 Å². The summed E-state index contributed by atoms with van der Waals surface area (Å²) in [5, 5.41) is 1.53. The first kappa shape index (κ1) is 10.2. The smallest absolute Gasteiger partial charge is 0.130 e. The van der Waals surface area contributed by atoms with Gasteiger partial charge < -0.3 is 0 Å². The largest absolute Gasteiger partial charge is 0.236 e. The molecule has 0 amide bonds. The fourth-order valence-corrected chi connectivity index (χ4v) is 2.14. The van der Waals surface area contributed by atoms with Crippen molar-refractivity contribution >= 4 is 50.0 Å². The van der Waals surface area contributed by atoms with Crippen molar-refractivity contribution in [2.45, 2.75) is 5.88 Å². The average molecular weight is 291 g/mol. The minimum atomic E-state index is 0.445. The van der Waals surface area contributed by atoms with Crippen molar-refractivity contribution < 1.29 is 0 Å². The number of alkyl halides is 1. The van der Waals surface area contributed by atoms with Gasteiger partial charge in [0.25, 0.3) is 0 Å². The molecule has 0 spiro atoms. The number of hydrogen-bond donors (Lipinski definition) is 0. The van der Waals surface area contributed by atoms with Gasteiger partial charge in [-0.15, -0.1) is 11.6 Å². The summed E-state index contributed by atoms with van der Waals surface area (Å²) in [5.74, 6) is 0.445. The molecule has 0 aliphatic heterocycles. The van der Waals surface area contributed by atoms with Crippen LogP contribution in [0.5, 0.6) is 0 Å². The van der Waals surface area contributed by atoms with Crippen LogP contribution in [0.4, 0.5) is 0 Å². The third kappa shape index (κ3) is 1.88. The van der Waals surface area contributed by atoms with Gasteiger partial charge in [-0.25, -0.2) is 4.98 Å². The predicted octanol–water partition coefficient (Wildman–Crippen LogP) is 4.39. The lowest BCUT2D eigenvalue weighted by Crippen LogP contribution is -1.86. The van der Waals surface area contributed by atoms with Gasteiger partial charge in [-0.3, -0.25) is 0 Å². The van der Waals surface area contributed by atoms with E-state index in [1.165, 1.54) is 0 Å². The Morgan fingerprint density at radius 2 is 2.07 bits per heavy atom. The average Bonchev–Trinajstić information content (AvgIpc) is 2.15. The first-order valence-electron chi connectivity index (χ1n) is 4.01. The molecular weight excluding hydrogens is 285 g/mol. The third-order valence-corrected chi connectivity index (χ3v) is 2.95. The second kappa shape index (κ2) is 4.05. The number of pyridine rings is 1. The summed E-state index contributed by atoms with van der Waals surface area (Å²) in [4.78, 5) is 4.22. The van der Waals surface area contributed by atoms with Gasteiger partial charge in [-0.1, -0.05) is 33.6 Å². The van der Waals surface area contributed by atoms with Crippen molar-refractivity contribution in [3.05, 3.63) is 39.5 Å². The Hall–Kier alpha value is -0.310. The van der Waals surface area contributed by atoms with E-state index in [0.29, 0.717) is 11.0 Å². The molecule has 14 heavy (non-hydrogen) atoms. The van der Waals surface area contributed by atoms with E-state index in [0.717, 1.165) is 20.9 Å². The number of benzene rings is 1. The summed E-state index contributed by atoms with van der Waals surface area (Å²) in [7, 11) is 0. The summed E-state index contributed by atoms with van der Waals surface area (Å²) >= 11 is 15.1. The zero-order chi connectivity index (χ0) is 10.1. The normalized spacial score (nSPS) is 10.8. The molecule has 0 unspecified atom stereocenters. The van der Waals surface area contributed by atoms with E-state index < -0.39 is 0 Å². The molecule has 1 aromatic heterocycles. The zero-order valence-corrected chi connectivity index (χ0v) is 10.2. The lowest BCUT2D eigenvalue weighted by atomic mass is 10.1. The van der Waals surface area contributed by atoms with Gasteiger partial charge in [0, 0.05) is 15.7 Å². The Balaban J connectivity index is 2.81. The summed E-state index contributed by atoms with van der Waals surface area (Å²) < 4.78 is 0.986. The van der Waals surface area contributed by atoms with Crippen LogP contribution in [0, 0.1) is 0 Å². The Morgan fingerprint density at radius 1 is 1.29 bits per heavy atom.